The summed E-state index contributed by atoms with van der Waals surface area (Å²) < 4.78 is 5.83. The van der Waals surface area contributed by atoms with E-state index in [0.29, 0.717) is 30.3 Å². The van der Waals surface area contributed by atoms with Crippen molar-refractivity contribution in [3.63, 3.8) is 0 Å². The summed E-state index contributed by atoms with van der Waals surface area (Å²) in [4.78, 5) is 24.2. The van der Waals surface area contributed by atoms with Crippen LogP contribution in [0.5, 0.6) is 11.5 Å². The lowest BCUT2D eigenvalue weighted by atomic mass is 10.0. The van der Waals surface area contributed by atoms with E-state index in [9.17, 15) is 14.7 Å². The van der Waals surface area contributed by atoms with Crippen molar-refractivity contribution in [1.29, 1.82) is 0 Å². The minimum Gasteiger partial charge on any atom is -0.508 e. The Hall–Kier alpha value is -3.02. The first-order chi connectivity index (χ1) is 13.3. The van der Waals surface area contributed by atoms with Gasteiger partial charge in [0.25, 0.3) is 11.8 Å². The number of carbonyl (C=O) groups excluding carboxylic acids is 2. The largest absolute Gasteiger partial charge is 0.508 e. The number of hydrogen-bond donors (Lipinski definition) is 3. The Bertz CT molecular complexity index is 816. The number of nitrogens with one attached hydrogen (secondary N) is 2. The molecular weight excluding hydrogens is 356 g/mol. The first-order valence-electron chi connectivity index (χ1n) is 9.40. The van der Waals surface area contributed by atoms with Crippen molar-refractivity contribution >= 4 is 11.8 Å². The van der Waals surface area contributed by atoms with Gasteiger partial charge in [-0.1, -0.05) is 26.0 Å². The maximum atomic E-state index is 12.3. The van der Waals surface area contributed by atoms with Gasteiger partial charge in [-0.3, -0.25) is 9.59 Å². The summed E-state index contributed by atoms with van der Waals surface area (Å²) in [5.74, 6) is 0.679. The molecule has 0 aromatic heterocycles. The molecule has 2 amide bonds. The van der Waals surface area contributed by atoms with Gasteiger partial charge in [-0.05, 0) is 61.2 Å². The Morgan fingerprint density at radius 2 is 1.64 bits per heavy atom. The van der Waals surface area contributed by atoms with Gasteiger partial charge < -0.3 is 20.5 Å². The fourth-order valence-corrected chi connectivity index (χ4v) is 2.57. The molecule has 0 aliphatic rings. The molecular formula is C22H28N2O4. The van der Waals surface area contributed by atoms with Crippen molar-refractivity contribution in [2.45, 2.75) is 39.7 Å². The van der Waals surface area contributed by atoms with Crippen LogP contribution in [0.2, 0.25) is 0 Å². The molecule has 2 aromatic carbocycles. The first-order valence-corrected chi connectivity index (χ1v) is 9.40. The van der Waals surface area contributed by atoms with Crippen LogP contribution in [-0.4, -0.2) is 36.1 Å². The van der Waals surface area contributed by atoms with Gasteiger partial charge in [-0.2, -0.15) is 0 Å². The van der Waals surface area contributed by atoms with Crippen LogP contribution in [-0.2, 0) is 4.79 Å². The fourth-order valence-electron chi connectivity index (χ4n) is 2.57. The highest BCUT2D eigenvalue weighted by atomic mass is 16.5. The third kappa shape index (κ3) is 6.01. The smallest absolute Gasteiger partial charge is 0.260 e. The maximum absolute atomic E-state index is 12.3. The fraction of sp³-hybridized carbons (Fsp3) is 0.364. The van der Waals surface area contributed by atoms with E-state index >= 15 is 0 Å². The van der Waals surface area contributed by atoms with Crippen molar-refractivity contribution in [3.05, 3.63) is 59.2 Å². The van der Waals surface area contributed by atoms with Gasteiger partial charge in [-0.15, -0.1) is 0 Å². The molecule has 150 valence electrons. The molecule has 0 heterocycles. The molecule has 28 heavy (non-hydrogen) atoms. The van der Waals surface area contributed by atoms with Crippen LogP contribution in [0.3, 0.4) is 0 Å². The third-order valence-corrected chi connectivity index (χ3v) is 4.39. The van der Waals surface area contributed by atoms with Crippen molar-refractivity contribution < 1.29 is 19.4 Å². The monoisotopic (exact) mass is 384 g/mol. The molecule has 0 aliphatic heterocycles. The number of aryl methyl sites for hydroxylation is 1. The van der Waals surface area contributed by atoms with E-state index < -0.39 is 6.10 Å². The first kappa shape index (κ1) is 21.3. The molecule has 0 fully saturated rings. The summed E-state index contributed by atoms with van der Waals surface area (Å²) in [6.07, 6.45) is -0.645. The molecule has 0 radical (unpaired) electrons. The molecule has 1 atom stereocenters. The Morgan fingerprint density at radius 1 is 1.00 bits per heavy atom. The molecule has 2 rings (SSSR count). The number of amides is 2. The second-order valence-electron chi connectivity index (χ2n) is 7.03. The second-order valence-corrected chi connectivity index (χ2v) is 7.03. The quantitative estimate of drug-likeness (QED) is 0.610. The summed E-state index contributed by atoms with van der Waals surface area (Å²) in [5, 5.41) is 14.7. The van der Waals surface area contributed by atoms with E-state index in [0.717, 1.165) is 11.1 Å². The van der Waals surface area contributed by atoms with Gasteiger partial charge in [0.2, 0.25) is 0 Å². The zero-order valence-corrected chi connectivity index (χ0v) is 16.8. The predicted molar refractivity (Wildman–Crippen MR) is 109 cm³/mol. The van der Waals surface area contributed by atoms with Gasteiger partial charge in [0.15, 0.2) is 6.10 Å². The molecule has 0 aliphatic carbocycles. The lowest BCUT2D eigenvalue weighted by Gasteiger charge is -2.18. The van der Waals surface area contributed by atoms with Crippen LogP contribution in [0.15, 0.2) is 42.5 Å². The van der Waals surface area contributed by atoms with Gasteiger partial charge in [0.1, 0.15) is 11.5 Å². The number of phenols is 1. The second kappa shape index (κ2) is 9.78. The zero-order valence-electron chi connectivity index (χ0n) is 16.8. The van der Waals surface area contributed by atoms with Crippen molar-refractivity contribution in [2.24, 2.45) is 0 Å². The third-order valence-electron chi connectivity index (χ3n) is 4.39. The summed E-state index contributed by atoms with van der Waals surface area (Å²) in [6.45, 7) is 8.45. The SMILES string of the molecule is Cc1ccc(C(C)C)cc1OC(C)C(=O)NCCNC(=O)c1ccc(O)cc1. The van der Waals surface area contributed by atoms with E-state index in [1.807, 2.05) is 19.1 Å². The van der Waals surface area contributed by atoms with Crippen molar-refractivity contribution in [1.82, 2.24) is 10.6 Å². The molecule has 2 aromatic rings. The van der Waals surface area contributed by atoms with Crippen molar-refractivity contribution in [3.8, 4) is 11.5 Å². The number of hydrogen-bond acceptors (Lipinski definition) is 4. The molecule has 6 nitrogen and oxygen atoms in total. The van der Waals surface area contributed by atoms with Crippen LogP contribution in [0.25, 0.3) is 0 Å². The Kier molecular flexibility index (Phi) is 7.44. The van der Waals surface area contributed by atoms with Crippen LogP contribution >= 0.6 is 0 Å². The number of carbonyl (C=O) groups is 2. The predicted octanol–water partition coefficient (Wildman–Crippen LogP) is 3.14. The summed E-state index contributed by atoms with van der Waals surface area (Å²) >= 11 is 0. The Morgan fingerprint density at radius 3 is 2.29 bits per heavy atom. The minimum absolute atomic E-state index is 0.104. The van der Waals surface area contributed by atoms with Gasteiger partial charge in [-0.25, -0.2) is 0 Å². The number of benzene rings is 2. The van der Waals surface area contributed by atoms with E-state index in [2.05, 4.69) is 30.5 Å². The van der Waals surface area contributed by atoms with Gasteiger partial charge in [0.05, 0.1) is 0 Å². The van der Waals surface area contributed by atoms with E-state index in [1.54, 1.807) is 6.92 Å². The number of aromatic hydroxyl groups is 1. The Balaban J connectivity index is 1.79. The van der Waals surface area contributed by atoms with Crippen molar-refractivity contribution in [2.75, 3.05) is 13.1 Å². The summed E-state index contributed by atoms with van der Waals surface area (Å²) in [5.41, 5.74) is 2.58. The highest BCUT2D eigenvalue weighted by Crippen LogP contribution is 2.25. The van der Waals surface area contributed by atoms with Gasteiger partial charge in [0, 0.05) is 18.7 Å². The number of ether oxygens (including phenoxy) is 1. The molecule has 0 spiro atoms. The van der Waals surface area contributed by atoms with E-state index in [4.69, 9.17) is 4.74 Å². The van der Waals surface area contributed by atoms with E-state index in [1.165, 1.54) is 24.3 Å². The highest BCUT2D eigenvalue weighted by molar-refractivity contribution is 5.94. The topological polar surface area (TPSA) is 87.7 Å². The van der Waals surface area contributed by atoms with E-state index in [-0.39, 0.29) is 17.6 Å². The lowest BCUT2D eigenvalue weighted by Crippen LogP contribution is -2.40. The molecule has 1 unspecified atom stereocenters. The van der Waals surface area contributed by atoms with Crippen LogP contribution < -0.4 is 15.4 Å². The molecule has 0 bridgehead atoms. The average molecular weight is 384 g/mol. The lowest BCUT2D eigenvalue weighted by molar-refractivity contribution is -0.127. The number of phenolic OH excluding ortho intramolecular Hbond substituents is 1. The highest BCUT2D eigenvalue weighted by Gasteiger charge is 2.16. The molecule has 0 saturated heterocycles. The minimum atomic E-state index is -0.645. The molecule has 6 heteroatoms. The summed E-state index contributed by atoms with van der Waals surface area (Å²) in [7, 11) is 0. The summed E-state index contributed by atoms with van der Waals surface area (Å²) in [6, 6.07) is 12.0. The normalized spacial score (nSPS) is 11.8. The van der Waals surface area contributed by atoms with Crippen LogP contribution in [0.4, 0.5) is 0 Å². The maximum Gasteiger partial charge on any atom is 0.260 e. The zero-order chi connectivity index (χ0) is 20.7. The van der Waals surface area contributed by atoms with Gasteiger partial charge >= 0.3 is 0 Å². The standard InChI is InChI=1S/C22H28N2O4/c1-14(2)18-6-5-15(3)20(13-18)28-16(4)21(26)23-11-12-24-22(27)17-7-9-19(25)10-8-17/h5-10,13-14,16,25H,11-12H2,1-4H3,(H,23,26)(H,24,27). The average Bonchev–Trinajstić information content (AvgIpc) is 2.66. The number of rotatable bonds is 8. The Labute approximate surface area is 165 Å². The van der Waals surface area contributed by atoms with Crippen LogP contribution in [0.1, 0.15) is 48.2 Å². The molecule has 0 saturated carbocycles. The van der Waals surface area contributed by atoms with Crippen LogP contribution in [0, 0.1) is 6.92 Å². The molecule has 3 N–H and O–H groups in total.